The van der Waals surface area contributed by atoms with Crippen molar-refractivity contribution < 1.29 is 13.2 Å². The topological polar surface area (TPSA) is 28.0 Å². The molecule has 3 nitrogen and oxygen atoms in total. The molecule has 0 heterocycles. The van der Waals surface area contributed by atoms with Gasteiger partial charge in [0.25, 0.3) is 0 Å². The predicted octanol–water partition coefficient (Wildman–Crippen LogP) is 6.61. The second-order valence-corrected chi connectivity index (χ2v) is 7.63. The lowest BCUT2D eigenvalue weighted by molar-refractivity contribution is -0.0916. The van der Waals surface area contributed by atoms with Gasteiger partial charge in [-0.05, 0) is 48.6 Å². The van der Waals surface area contributed by atoms with Crippen molar-refractivity contribution >= 4 is 22.8 Å². The molecule has 0 saturated carbocycles. The summed E-state index contributed by atoms with van der Waals surface area (Å²) in [6, 6.07) is 14.3. The molecule has 0 amide bonds. The molecular formula is C24H28F3N3. The lowest BCUT2D eigenvalue weighted by atomic mass is 10.0. The Labute approximate surface area is 176 Å². The van der Waals surface area contributed by atoms with E-state index in [0.717, 1.165) is 34.7 Å². The lowest BCUT2D eigenvalue weighted by Crippen LogP contribution is -2.22. The Bertz CT molecular complexity index is 983. The molecule has 0 fully saturated rings. The van der Waals surface area contributed by atoms with E-state index in [4.69, 9.17) is 0 Å². The maximum absolute atomic E-state index is 12.6. The number of amidine groups is 1. The number of hydrogen-bond donors (Lipinski definition) is 0. The van der Waals surface area contributed by atoms with Gasteiger partial charge in [0.05, 0.1) is 6.21 Å². The minimum absolute atomic E-state index is 0.0356. The summed E-state index contributed by atoms with van der Waals surface area (Å²) in [5.41, 5.74) is 1.24. The van der Waals surface area contributed by atoms with E-state index in [1.165, 1.54) is 6.08 Å². The molecule has 1 atom stereocenters. The van der Waals surface area contributed by atoms with Crippen LogP contribution in [0.25, 0.3) is 10.8 Å². The highest BCUT2D eigenvalue weighted by molar-refractivity contribution is 6.02. The van der Waals surface area contributed by atoms with Gasteiger partial charge in [-0.1, -0.05) is 55.5 Å². The van der Waals surface area contributed by atoms with Crippen LogP contribution in [-0.2, 0) is 0 Å². The highest BCUT2D eigenvalue weighted by atomic mass is 19.4. The van der Waals surface area contributed by atoms with Crippen LogP contribution in [0.4, 0.5) is 13.2 Å². The van der Waals surface area contributed by atoms with E-state index >= 15 is 0 Å². The van der Waals surface area contributed by atoms with E-state index in [9.17, 15) is 13.2 Å². The van der Waals surface area contributed by atoms with Crippen molar-refractivity contribution in [2.75, 3.05) is 14.1 Å². The van der Waals surface area contributed by atoms with Gasteiger partial charge in [0, 0.05) is 25.2 Å². The van der Waals surface area contributed by atoms with E-state index in [-0.39, 0.29) is 5.92 Å². The SMILES string of the molecule is CC(/C=N/N=C(/c1ccc2ccccc2c1)N(C)C)=C\C(C)C/C=C(\C)C(F)(F)F. The van der Waals surface area contributed by atoms with E-state index in [1.54, 1.807) is 6.21 Å². The molecule has 0 aromatic heterocycles. The van der Waals surface area contributed by atoms with E-state index in [0.29, 0.717) is 6.42 Å². The minimum atomic E-state index is -4.26. The lowest BCUT2D eigenvalue weighted by Gasteiger charge is -2.15. The van der Waals surface area contributed by atoms with Crippen LogP contribution in [0.15, 0.2) is 76.0 Å². The molecule has 0 radical (unpaired) electrons. The summed E-state index contributed by atoms with van der Waals surface area (Å²) in [5.74, 6) is 0.688. The van der Waals surface area contributed by atoms with Crippen molar-refractivity contribution in [3.8, 4) is 0 Å². The molecule has 2 aromatic carbocycles. The van der Waals surface area contributed by atoms with Crippen molar-refractivity contribution in [3.05, 3.63) is 71.3 Å². The van der Waals surface area contributed by atoms with Crippen LogP contribution in [0.5, 0.6) is 0 Å². The molecule has 2 rings (SSSR count). The first-order valence-corrected chi connectivity index (χ1v) is 9.78. The maximum Gasteiger partial charge on any atom is 0.412 e. The van der Waals surface area contributed by atoms with Gasteiger partial charge in [-0.15, -0.1) is 5.10 Å². The smallest absolute Gasteiger partial charge is 0.361 e. The fraction of sp³-hybridized carbons (Fsp3) is 0.333. The van der Waals surface area contributed by atoms with Crippen LogP contribution in [0.3, 0.4) is 0 Å². The summed E-state index contributed by atoms with van der Waals surface area (Å²) in [4.78, 5) is 1.90. The monoisotopic (exact) mass is 415 g/mol. The molecule has 2 aromatic rings. The summed E-state index contributed by atoms with van der Waals surface area (Å²) in [6.45, 7) is 4.83. The van der Waals surface area contributed by atoms with Gasteiger partial charge in [0.1, 0.15) is 0 Å². The molecule has 6 heteroatoms. The summed E-state index contributed by atoms with van der Waals surface area (Å²) in [7, 11) is 3.81. The highest BCUT2D eigenvalue weighted by Gasteiger charge is 2.29. The summed E-state index contributed by atoms with van der Waals surface area (Å²) in [5, 5.41) is 10.8. The van der Waals surface area contributed by atoms with Crippen molar-refractivity contribution in [3.63, 3.8) is 0 Å². The molecule has 0 saturated heterocycles. The Balaban J connectivity index is 2.13. The average molecular weight is 416 g/mol. The minimum Gasteiger partial charge on any atom is -0.361 e. The quantitative estimate of drug-likeness (QED) is 0.226. The molecular weight excluding hydrogens is 387 g/mol. The van der Waals surface area contributed by atoms with Crippen LogP contribution in [-0.4, -0.2) is 37.2 Å². The number of nitrogens with zero attached hydrogens (tertiary/aromatic N) is 3. The molecule has 30 heavy (non-hydrogen) atoms. The van der Waals surface area contributed by atoms with Crippen LogP contribution in [0, 0.1) is 5.92 Å². The second kappa shape index (κ2) is 10.2. The zero-order valence-corrected chi connectivity index (χ0v) is 18.0. The van der Waals surface area contributed by atoms with E-state index in [2.05, 4.69) is 34.5 Å². The van der Waals surface area contributed by atoms with Crippen molar-refractivity contribution in [1.82, 2.24) is 4.90 Å². The Morgan fingerprint density at radius 3 is 2.37 bits per heavy atom. The summed E-state index contributed by atoms with van der Waals surface area (Å²) >= 11 is 0. The first-order chi connectivity index (χ1) is 14.1. The summed E-state index contributed by atoms with van der Waals surface area (Å²) in [6.07, 6.45) is 0.805. The molecule has 0 bridgehead atoms. The molecule has 1 unspecified atom stereocenters. The Hall–Kier alpha value is -2.89. The summed E-state index contributed by atoms with van der Waals surface area (Å²) < 4.78 is 37.7. The fourth-order valence-corrected chi connectivity index (χ4v) is 2.95. The van der Waals surface area contributed by atoms with Gasteiger partial charge in [-0.2, -0.15) is 18.3 Å². The number of benzene rings is 2. The molecule has 0 spiro atoms. The van der Waals surface area contributed by atoms with Gasteiger partial charge in [-0.25, -0.2) is 0 Å². The molecule has 0 aliphatic carbocycles. The van der Waals surface area contributed by atoms with Gasteiger partial charge < -0.3 is 4.90 Å². The number of rotatable bonds is 6. The van der Waals surface area contributed by atoms with Crippen LogP contribution < -0.4 is 0 Å². The van der Waals surface area contributed by atoms with Gasteiger partial charge in [0.15, 0.2) is 5.84 Å². The van der Waals surface area contributed by atoms with Crippen LogP contribution in [0.2, 0.25) is 0 Å². The van der Waals surface area contributed by atoms with Crippen LogP contribution in [0.1, 0.15) is 32.8 Å². The zero-order valence-electron chi connectivity index (χ0n) is 18.0. The third-order valence-corrected chi connectivity index (χ3v) is 4.64. The molecule has 0 aliphatic heterocycles. The Morgan fingerprint density at radius 1 is 1.07 bits per heavy atom. The number of fused-ring (bicyclic) bond motifs is 1. The fourth-order valence-electron chi connectivity index (χ4n) is 2.95. The molecule has 0 aliphatic rings. The molecule has 0 N–H and O–H groups in total. The zero-order chi connectivity index (χ0) is 22.3. The van der Waals surface area contributed by atoms with Gasteiger partial charge in [0.2, 0.25) is 0 Å². The largest absolute Gasteiger partial charge is 0.412 e. The number of halogens is 3. The predicted molar refractivity (Wildman–Crippen MR) is 120 cm³/mol. The third kappa shape index (κ3) is 6.87. The first-order valence-electron chi connectivity index (χ1n) is 9.78. The van der Waals surface area contributed by atoms with Crippen molar-refractivity contribution in [1.29, 1.82) is 0 Å². The van der Waals surface area contributed by atoms with E-state index in [1.807, 2.05) is 57.1 Å². The number of allylic oxidation sites excluding steroid dienone is 4. The van der Waals surface area contributed by atoms with Crippen molar-refractivity contribution in [2.45, 2.75) is 33.4 Å². The number of alkyl halides is 3. The van der Waals surface area contributed by atoms with Gasteiger partial charge >= 0.3 is 6.18 Å². The number of hydrogen-bond acceptors (Lipinski definition) is 2. The Morgan fingerprint density at radius 2 is 1.73 bits per heavy atom. The molecule has 160 valence electrons. The maximum atomic E-state index is 12.6. The van der Waals surface area contributed by atoms with Crippen LogP contribution >= 0.6 is 0 Å². The van der Waals surface area contributed by atoms with E-state index < -0.39 is 11.7 Å². The Kier molecular flexibility index (Phi) is 7.98. The standard InChI is InChI=1S/C24H28F3N3/c1-17(10-11-19(3)24(25,26)27)14-18(2)16-28-29-23(30(4)5)22-13-12-20-8-6-7-9-21(20)15-22/h6-9,11-17H,10H2,1-5H3/b18-14+,19-11+,28-16+,29-23-. The normalized spacial score (nSPS) is 15.1. The van der Waals surface area contributed by atoms with Crippen molar-refractivity contribution in [2.24, 2.45) is 16.1 Å². The first kappa shape index (κ1) is 23.4. The second-order valence-electron chi connectivity index (χ2n) is 7.63. The highest BCUT2D eigenvalue weighted by Crippen LogP contribution is 2.26. The third-order valence-electron chi connectivity index (χ3n) is 4.64. The van der Waals surface area contributed by atoms with Gasteiger partial charge in [-0.3, -0.25) is 0 Å². The average Bonchev–Trinajstić information content (AvgIpc) is 2.68.